The summed E-state index contributed by atoms with van der Waals surface area (Å²) in [4.78, 5) is 0. The van der Waals surface area contributed by atoms with Crippen LogP contribution in [0.25, 0.3) is 10.9 Å². The predicted octanol–water partition coefficient (Wildman–Crippen LogP) is 3.10. The van der Waals surface area contributed by atoms with E-state index in [9.17, 15) is 4.39 Å². The highest BCUT2D eigenvalue weighted by atomic mass is 19.1. The van der Waals surface area contributed by atoms with Gasteiger partial charge in [0.05, 0.1) is 5.52 Å². The molecule has 0 amide bonds. The minimum absolute atomic E-state index is 0.118. The first kappa shape index (κ1) is 10.8. The standard InChI is InChI=1S/C14H17FN2/c15-13-4-1-5-14-12(13)7-10-17(14)11-3-2-8-16-9-6-11/h1,4-5,7,10-11,16H,2-3,6,8-9H2. The Kier molecular flexibility index (Phi) is 2.85. The first-order valence-electron chi connectivity index (χ1n) is 6.32. The maximum absolute atomic E-state index is 13.6. The van der Waals surface area contributed by atoms with Crippen LogP contribution in [-0.4, -0.2) is 17.7 Å². The van der Waals surface area contributed by atoms with Gasteiger partial charge in [-0.05, 0) is 50.6 Å². The Morgan fingerprint density at radius 2 is 2.12 bits per heavy atom. The highest BCUT2D eigenvalue weighted by Crippen LogP contribution is 2.27. The number of fused-ring (bicyclic) bond motifs is 1. The fourth-order valence-electron chi connectivity index (χ4n) is 2.75. The summed E-state index contributed by atoms with van der Waals surface area (Å²) in [6, 6.07) is 7.73. The van der Waals surface area contributed by atoms with Crippen LogP contribution in [0.4, 0.5) is 4.39 Å². The molecule has 2 aromatic rings. The van der Waals surface area contributed by atoms with Crippen LogP contribution in [0.15, 0.2) is 30.5 Å². The molecule has 1 unspecified atom stereocenters. The lowest BCUT2D eigenvalue weighted by Crippen LogP contribution is -2.15. The highest BCUT2D eigenvalue weighted by Gasteiger charge is 2.16. The first-order valence-corrected chi connectivity index (χ1v) is 6.32. The van der Waals surface area contributed by atoms with Crippen molar-refractivity contribution in [1.82, 2.24) is 9.88 Å². The van der Waals surface area contributed by atoms with Crippen LogP contribution in [0.1, 0.15) is 25.3 Å². The van der Waals surface area contributed by atoms with Crippen LogP contribution in [0.3, 0.4) is 0 Å². The van der Waals surface area contributed by atoms with Gasteiger partial charge in [-0.2, -0.15) is 0 Å². The summed E-state index contributed by atoms with van der Waals surface area (Å²) in [7, 11) is 0. The van der Waals surface area contributed by atoms with E-state index in [2.05, 4.69) is 9.88 Å². The minimum atomic E-state index is -0.118. The Balaban J connectivity index is 2.02. The fraction of sp³-hybridized carbons (Fsp3) is 0.429. The molecule has 1 saturated heterocycles. The third-order valence-corrected chi connectivity index (χ3v) is 3.65. The first-order chi connectivity index (χ1) is 8.36. The fourth-order valence-corrected chi connectivity index (χ4v) is 2.75. The van der Waals surface area contributed by atoms with Crippen LogP contribution in [0.2, 0.25) is 0 Å². The quantitative estimate of drug-likeness (QED) is 0.799. The Morgan fingerprint density at radius 1 is 1.18 bits per heavy atom. The van der Waals surface area contributed by atoms with Gasteiger partial charge in [-0.15, -0.1) is 0 Å². The van der Waals surface area contributed by atoms with Gasteiger partial charge in [-0.25, -0.2) is 4.39 Å². The van der Waals surface area contributed by atoms with Gasteiger partial charge in [0.1, 0.15) is 5.82 Å². The van der Waals surface area contributed by atoms with E-state index in [1.54, 1.807) is 6.07 Å². The molecule has 0 bridgehead atoms. The lowest BCUT2D eigenvalue weighted by Gasteiger charge is -2.17. The summed E-state index contributed by atoms with van der Waals surface area (Å²) < 4.78 is 15.9. The van der Waals surface area contributed by atoms with Crippen molar-refractivity contribution in [2.24, 2.45) is 0 Å². The smallest absolute Gasteiger partial charge is 0.132 e. The van der Waals surface area contributed by atoms with E-state index in [1.165, 1.54) is 18.9 Å². The number of nitrogens with zero attached hydrogens (tertiary/aromatic N) is 1. The van der Waals surface area contributed by atoms with Crippen LogP contribution < -0.4 is 5.32 Å². The van der Waals surface area contributed by atoms with Crippen LogP contribution in [0, 0.1) is 5.82 Å². The molecule has 17 heavy (non-hydrogen) atoms. The molecule has 90 valence electrons. The second-order valence-corrected chi connectivity index (χ2v) is 4.73. The van der Waals surface area contributed by atoms with Gasteiger partial charge in [-0.3, -0.25) is 0 Å². The molecule has 0 radical (unpaired) electrons. The van der Waals surface area contributed by atoms with Crippen molar-refractivity contribution in [2.75, 3.05) is 13.1 Å². The summed E-state index contributed by atoms with van der Waals surface area (Å²) in [6.07, 6.45) is 5.52. The summed E-state index contributed by atoms with van der Waals surface area (Å²) >= 11 is 0. The second kappa shape index (κ2) is 4.49. The van der Waals surface area contributed by atoms with E-state index < -0.39 is 0 Å². The number of nitrogens with one attached hydrogen (secondary N) is 1. The van der Waals surface area contributed by atoms with Crippen LogP contribution in [0.5, 0.6) is 0 Å². The van der Waals surface area contributed by atoms with Crippen molar-refractivity contribution in [3.05, 3.63) is 36.3 Å². The van der Waals surface area contributed by atoms with E-state index >= 15 is 0 Å². The molecule has 0 aliphatic carbocycles. The zero-order valence-corrected chi connectivity index (χ0v) is 9.82. The molecular formula is C14H17FN2. The number of rotatable bonds is 1. The largest absolute Gasteiger partial charge is 0.344 e. The predicted molar refractivity (Wildman–Crippen MR) is 67.7 cm³/mol. The maximum Gasteiger partial charge on any atom is 0.132 e. The molecule has 1 fully saturated rings. The zero-order valence-electron chi connectivity index (χ0n) is 9.82. The summed E-state index contributed by atoms with van der Waals surface area (Å²) in [5, 5.41) is 4.15. The van der Waals surface area contributed by atoms with Crippen molar-refractivity contribution >= 4 is 10.9 Å². The number of hydrogen-bond donors (Lipinski definition) is 1. The van der Waals surface area contributed by atoms with E-state index in [1.807, 2.05) is 18.3 Å². The third kappa shape index (κ3) is 1.95. The van der Waals surface area contributed by atoms with Gasteiger partial charge in [0.25, 0.3) is 0 Å². The van der Waals surface area contributed by atoms with Gasteiger partial charge < -0.3 is 9.88 Å². The summed E-state index contributed by atoms with van der Waals surface area (Å²) in [6.45, 7) is 2.16. The van der Waals surface area contributed by atoms with E-state index in [0.29, 0.717) is 6.04 Å². The van der Waals surface area contributed by atoms with Gasteiger partial charge >= 0.3 is 0 Å². The number of halogens is 1. The number of hydrogen-bond acceptors (Lipinski definition) is 1. The maximum atomic E-state index is 13.6. The molecule has 1 aromatic carbocycles. The molecule has 1 aliphatic rings. The lowest BCUT2D eigenvalue weighted by atomic mass is 10.1. The molecule has 3 heteroatoms. The zero-order chi connectivity index (χ0) is 11.7. The SMILES string of the molecule is Fc1cccc2c1ccn2C1CCCNCC1. The monoisotopic (exact) mass is 232 g/mol. The highest BCUT2D eigenvalue weighted by molar-refractivity contribution is 5.80. The molecule has 0 spiro atoms. The molecule has 1 aromatic heterocycles. The molecule has 1 N–H and O–H groups in total. The van der Waals surface area contributed by atoms with Crippen molar-refractivity contribution in [1.29, 1.82) is 0 Å². The summed E-state index contributed by atoms with van der Waals surface area (Å²) in [5.74, 6) is -0.118. The van der Waals surface area contributed by atoms with Crippen LogP contribution in [-0.2, 0) is 0 Å². The van der Waals surface area contributed by atoms with Crippen molar-refractivity contribution in [3.63, 3.8) is 0 Å². The topological polar surface area (TPSA) is 17.0 Å². The minimum Gasteiger partial charge on any atom is -0.344 e. The molecule has 2 nitrogen and oxygen atoms in total. The average Bonchev–Trinajstić information content (AvgIpc) is 2.59. The number of benzene rings is 1. The number of aromatic nitrogens is 1. The molecule has 0 saturated carbocycles. The van der Waals surface area contributed by atoms with E-state index in [4.69, 9.17) is 0 Å². The van der Waals surface area contributed by atoms with Gasteiger partial charge in [-0.1, -0.05) is 6.07 Å². The Hall–Kier alpha value is -1.35. The molecule has 1 aliphatic heterocycles. The molecule has 2 heterocycles. The summed E-state index contributed by atoms with van der Waals surface area (Å²) in [5.41, 5.74) is 1.02. The Labute approximate surface area is 100 Å². The van der Waals surface area contributed by atoms with Gasteiger partial charge in [0.2, 0.25) is 0 Å². The van der Waals surface area contributed by atoms with Crippen molar-refractivity contribution in [3.8, 4) is 0 Å². The lowest BCUT2D eigenvalue weighted by molar-refractivity contribution is 0.467. The Bertz CT molecular complexity index is 510. The molecule has 3 rings (SSSR count). The third-order valence-electron chi connectivity index (χ3n) is 3.65. The van der Waals surface area contributed by atoms with Crippen molar-refractivity contribution in [2.45, 2.75) is 25.3 Å². The van der Waals surface area contributed by atoms with E-state index in [-0.39, 0.29) is 5.82 Å². The van der Waals surface area contributed by atoms with Gasteiger partial charge in [0.15, 0.2) is 0 Å². The second-order valence-electron chi connectivity index (χ2n) is 4.73. The van der Waals surface area contributed by atoms with Crippen molar-refractivity contribution < 1.29 is 4.39 Å². The average molecular weight is 232 g/mol. The van der Waals surface area contributed by atoms with Crippen LogP contribution >= 0.6 is 0 Å². The molecule has 1 atom stereocenters. The Morgan fingerprint density at radius 3 is 3.06 bits per heavy atom. The molecular weight excluding hydrogens is 215 g/mol. The van der Waals surface area contributed by atoms with E-state index in [0.717, 1.165) is 30.4 Å². The van der Waals surface area contributed by atoms with Gasteiger partial charge in [0, 0.05) is 17.6 Å². The normalized spacial score (nSPS) is 21.6.